The van der Waals surface area contributed by atoms with Crippen molar-refractivity contribution in [1.29, 1.82) is 0 Å². The second kappa shape index (κ2) is 11.1. The number of hydrogen-bond acceptors (Lipinski definition) is 7. The quantitative estimate of drug-likeness (QED) is 0.480. The minimum atomic E-state index is -0.630. The van der Waals surface area contributed by atoms with E-state index in [-0.39, 0.29) is 19.0 Å². The smallest absolute Gasteiger partial charge is 0.340 e. The first-order chi connectivity index (χ1) is 14.0. The zero-order valence-corrected chi connectivity index (χ0v) is 16.9. The number of hydrogen-bond donors (Lipinski definition) is 1. The molecule has 2 aromatic rings. The van der Waals surface area contributed by atoms with E-state index in [2.05, 4.69) is 10.3 Å². The predicted octanol–water partition coefficient (Wildman–Crippen LogP) is 2.31. The Hall–Kier alpha value is -3.00. The van der Waals surface area contributed by atoms with Crippen molar-refractivity contribution in [2.45, 2.75) is 33.3 Å². The Balaban J connectivity index is 1.97. The molecule has 1 heterocycles. The molecule has 1 N–H and O–H groups in total. The largest absolute Gasteiger partial charge is 0.466 e. The van der Waals surface area contributed by atoms with Crippen molar-refractivity contribution in [3.63, 3.8) is 0 Å². The number of carbonyl (C=O) groups excluding carboxylic acids is 3. The maximum Gasteiger partial charge on any atom is 0.340 e. The third-order valence-electron chi connectivity index (χ3n) is 4.23. The number of fused-ring (bicyclic) bond motifs is 1. The third-order valence-corrected chi connectivity index (χ3v) is 4.23. The Morgan fingerprint density at radius 1 is 1.14 bits per heavy atom. The SMILES string of the molecule is CCOC(=O)CCCNC(=O)COC(=O)c1c(COC)nc2ccccc2c1C. The van der Waals surface area contributed by atoms with E-state index in [0.717, 1.165) is 16.5 Å². The number of pyridine rings is 1. The number of esters is 2. The lowest BCUT2D eigenvalue weighted by molar-refractivity contribution is -0.143. The Labute approximate surface area is 169 Å². The topological polar surface area (TPSA) is 104 Å². The van der Waals surface area contributed by atoms with Gasteiger partial charge in [0, 0.05) is 25.5 Å². The second-order valence-electron chi connectivity index (χ2n) is 6.34. The van der Waals surface area contributed by atoms with E-state index in [9.17, 15) is 14.4 Å². The molecule has 29 heavy (non-hydrogen) atoms. The van der Waals surface area contributed by atoms with E-state index in [4.69, 9.17) is 14.2 Å². The summed E-state index contributed by atoms with van der Waals surface area (Å²) in [6, 6.07) is 7.48. The summed E-state index contributed by atoms with van der Waals surface area (Å²) >= 11 is 0. The van der Waals surface area contributed by atoms with Gasteiger partial charge in [0.15, 0.2) is 6.61 Å². The molecule has 0 unspecified atom stereocenters. The van der Waals surface area contributed by atoms with Crippen LogP contribution in [-0.4, -0.2) is 49.7 Å². The van der Waals surface area contributed by atoms with Gasteiger partial charge in [-0.25, -0.2) is 9.78 Å². The summed E-state index contributed by atoms with van der Waals surface area (Å²) in [6.45, 7) is 3.90. The lowest BCUT2D eigenvalue weighted by atomic mass is 10.0. The van der Waals surface area contributed by atoms with E-state index in [0.29, 0.717) is 30.8 Å². The van der Waals surface area contributed by atoms with Crippen LogP contribution in [0.2, 0.25) is 0 Å². The summed E-state index contributed by atoms with van der Waals surface area (Å²) in [4.78, 5) is 40.3. The van der Waals surface area contributed by atoms with Gasteiger partial charge in [0.2, 0.25) is 0 Å². The number of nitrogens with one attached hydrogen (secondary N) is 1. The lowest BCUT2D eigenvalue weighted by Gasteiger charge is -2.14. The number of para-hydroxylation sites is 1. The van der Waals surface area contributed by atoms with Gasteiger partial charge in [-0.15, -0.1) is 0 Å². The van der Waals surface area contributed by atoms with E-state index in [1.807, 2.05) is 31.2 Å². The number of carbonyl (C=O) groups is 3. The van der Waals surface area contributed by atoms with Crippen LogP contribution >= 0.6 is 0 Å². The Morgan fingerprint density at radius 2 is 1.90 bits per heavy atom. The fourth-order valence-electron chi connectivity index (χ4n) is 2.90. The molecule has 0 aliphatic carbocycles. The van der Waals surface area contributed by atoms with Crippen molar-refractivity contribution >= 4 is 28.7 Å². The molecule has 1 aromatic carbocycles. The number of nitrogens with zero attached hydrogens (tertiary/aromatic N) is 1. The molecule has 1 amide bonds. The van der Waals surface area contributed by atoms with Crippen LogP contribution in [0.4, 0.5) is 0 Å². The highest BCUT2D eigenvalue weighted by Gasteiger charge is 2.21. The molecule has 0 aliphatic rings. The molecule has 0 saturated carbocycles. The average molecular weight is 402 g/mol. The van der Waals surface area contributed by atoms with Crippen molar-refractivity contribution in [2.24, 2.45) is 0 Å². The minimum Gasteiger partial charge on any atom is -0.466 e. The van der Waals surface area contributed by atoms with Gasteiger partial charge in [-0.05, 0) is 31.9 Å². The van der Waals surface area contributed by atoms with Crippen LogP contribution in [0.15, 0.2) is 24.3 Å². The number of aryl methyl sites for hydroxylation is 1. The summed E-state index contributed by atoms with van der Waals surface area (Å²) < 4.78 is 15.2. The van der Waals surface area contributed by atoms with Gasteiger partial charge in [-0.2, -0.15) is 0 Å². The predicted molar refractivity (Wildman–Crippen MR) is 106 cm³/mol. The van der Waals surface area contributed by atoms with Crippen molar-refractivity contribution in [3.05, 3.63) is 41.1 Å². The first kappa shape index (κ1) is 22.3. The maximum absolute atomic E-state index is 12.6. The van der Waals surface area contributed by atoms with E-state index < -0.39 is 18.5 Å². The first-order valence-corrected chi connectivity index (χ1v) is 9.44. The molecule has 0 atom stereocenters. The van der Waals surface area contributed by atoms with Crippen LogP contribution in [0.25, 0.3) is 10.9 Å². The van der Waals surface area contributed by atoms with E-state index >= 15 is 0 Å². The van der Waals surface area contributed by atoms with Crippen LogP contribution < -0.4 is 5.32 Å². The standard InChI is InChI=1S/C21H26N2O6/c1-4-28-19(25)10-7-11-22-18(24)13-29-21(26)20-14(2)15-8-5-6-9-16(15)23-17(20)12-27-3/h5-6,8-9H,4,7,10-13H2,1-3H3,(H,22,24). The Morgan fingerprint density at radius 3 is 2.62 bits per heavy atom. The Bertz CT molecular complexity index is 881. The van der Waals surface area contributed by atoms with Gasteiger partial charge in [0.1, 0.15) is 0 Å². The molecular weight excluding hydrogens is 376 g/mol. The summed E-state index contributed by atoms with van der Waals surface area (Å²) in [5.74, 6) is -1.38. The second-order valence-corrected chi connectivity index (χ2v) is 6.34. The highest BCUT2D eigenvalue weighted by Crippen LogP contribution is 2.24. The summed E-state index contributed by atoms with van der Waals surface area (Å²) in [6.07, 6.45) is 0.667. The number of methoxy groups -OCH3 is 1. The highest BCUT2D eigenvalue weighted by molar-refractivity contribution is 5.99. The van der Waals surface area contributed by atoms with Gasteiger partial charge < -0.3 is 19.5 Å². The molecule has 0 radical (unpaired) electrons. The molecule has 0 bridgehead atoms. The van der Waals surface area contributed by atoms with Gasteiger partial charge in [0.25, 0.3) is 5.91 Å². The monoisotopic (exact) mass is 402 g/mol. The molecule has 0 spiro atoms. The van der Waals surface area contributed by atoms with Crippen LogP contribution in [-0.2, 0) is 30.4 Å². The van der Waals surface area contributed by atoms with Gasteiger partial charge >= 0.3 is 11.9 Å². The highest BCUT2D eigenvalue weighted by atomic mass is 16.5. The molecule has 0 fully saturated rings. The fraction of sp³-hybridized carbons (Fsp3) is 0.429. The van der Waals surface area contributed by atoms with Gasteiger partial charge in [0.05, 0.1) is 30.0 Å². The molecule has 1 aromatic heterocycles. The van der Waals surface area contributed by atoms with Crippen LogP contribution in [0, 0.1) is 6.92 Å². The summed E-state index contributed by atoms with van der Waals surface area (Å²) in [7, 11) is 1.52. The number of rotatable bonds is 10. The Kier molecular flexibility index (Phi) is 8.54. The van der Waals surface area contributed by atoms with E-state index in [1.165, 1.54) is 7.11 Å². The number of amides is 1. The van der Waals surface area contributed by atoms with E-state index in [1.54, 1.807) is 6.92 Å². The zero-order chi connectivity index (χ0) is 21.2. The van der Waals surface area contributed by atoms with Gasteiger partial charge in [-0.3, -0.25) is 9.59 Å². The number of aromatic nitrogens is 1. The van der Waals surface area contributed by atoms with Crippen LogP contribution in [0.5, 0.6) is 0 Å². The molecular formula is C21H26N2O6. The van der Waals surface area contributed by atoms with Crippen LogP contribution in [0.3, 0.4) is 0 Å². The average Bonchev–Trinajstić information content (AvgIpc) is 2.70. The molecule has 0 saturated heterocycles. The third kappa shape index (κ3) is 6.25. The number of ether oxygens (including phenoxy) is 3. The lowest BCUT2D eigenvalue weighted by Crippen LogP contribution is -2.30. The first-order valence-electron chi connectivity index (χ1n) is 9.44. The van der Waals surface area contributed by atoms with Gasteiger partial charge in [-0.1, -0.05) is 18.2 Å². The molecule has 0 aliphatic heterocycles. The molecule has 8 heteroatoms. The number of benzene rings is 1. The minimum absolute atomic E-state index is 0.149. The fourth-order valence-corrected chi connectivity index (χ4v) is 2.90. The molecule has 2 rings (SSSR count). The summed E-state index contributed by atoms with van der Waals surface area (Å²) in [5.41, 5.74) is 2.25. The van der Waals surface area contributed by atoms with Crippen molar-refractivity contribution in [2.75, 3.05) is 26.9 Å². The normalized spacial score (nSPS) is 10.6. The van der Waals surface area contributed by atoms with Crippen molar-refractivity contribution in [1.82, 2.24) is 10.3 Å². The maximum atomic E-state index is 12.6. The summed E-state index contributed by atoms with van der Waals surface area (Å²) in [5, 5.41) is 3.44. The zero-order valence-electron chi connectivity index (χ0n) is 16.9. The van der Waals surface area contributed by atoms with Crippen LogP contribution in [0.1, 0.15) is 41.4 Å². The van der Waals surface area contributed by atoms with Crippen molar-refractivity contribution < 1.29 is 28.6 Å². The van der Waals surface area contributed by atoms with Crippen molar-refractivity contribution in [3.8, 4) is 0 Å². The molecule has 156 valence electrons. The molecule has 8 nitrogen and oxygen atoms in total.